The lowest BCUT2D eigenvalue weighted by molar-refractivity contribution is 0.146. The fraction of sp³-hybridized carbons (Fsp3) is 0.286. The molecule has 0 radical (unpaired) electrons. The summed E-state index contributed by atoms with van der Waals surface area (Å²) in [6, 6.07) is 0. The van der Waals surface area contributed by atoms with E-state index in [1.165, 1.54) is 0 Å². The van der Waals surface area contributed by atoms with Crippen LogP contribution < -0.4 is 15.6 Å². The second-order valence-corrected chi connectivity index (χ2v) is 4.31. The molecule has 0 bridgehead atoms. The largest absolute Gasteiger partial charge is 0.495 e. The standard InChI is InChI=1S/C7H9F2N3O3S/c1-15-4-3(6(8)9)2-12-7(10)5(4)16(11,13)14/h2,6H,1H3,(H2,10,12)(H2,11,13,14). The first-order chi connectivity index (χ1) is 7.29. The molecule has 1 rings (SSSR count). The Balaban J connectivity index is 3.64. The number of hydrogen-bond acceptors (Lipinski definition) is 5. The SMILES string of the molecule is COc1c(C(F)F)cnc(N)c1S(N)(=O)=O. The van der Waals surface area contributed by atoms with Gasteiger partial charge in [0.25, 0.3) is 6.43 Å². The highest BCUT2D eigenvalue weighted by atomic mass is 32.2. The number of pyridine rings is 1. The van der Waals surface area contributed by atoms with Crippen LogP contribution in [0.3, 0.4) is 0 Å². The molecule has 16 heavy (non-hydrogen) atoms. The van der Waals surface area contributed by atoms with E-state index in [0.29, 0.717) is 0 Å². The summed E-state index contributed by atoms with van der Waals surface area (Å²) >= 11 is 0. The number of sulfonamides is 1. The number of primary sulfonamides is 1. The van der Waals surface area contributed by atoms with E-state index in [9.17, 15) is 17.2 Å². The van der Waals surface area contributed by atoms with E-state index in [1.807, 2.05) is 0 Å². The molecule has 0 atom stereocenters. The van der Waals surface area contributed by atoms with Gasteiger partial charge < -0.3 is 10.5 Å². The van der Waals surface area contributed by atoms with E-state index in [2.05, 4.69) is 9.72 Å². The lowest BCUT2D eigenvalue weighted by Crippen LogP contribution is -2.17. The number of nitrogens with zero attached hydrogens (tertiary/aromatic N) is 1. The van der Waals surface area contributed by atoms with Crippen LogP contribution in [0, 0.1) is 0 Å². The summed E-state index contributed by atoms with van der Waals surface area (Å²) in [5, 5.41) is 4.83. The van der Waals surface area contributed by atoms with Crippen molar-refractivity contribution in [1.82, 2.24) is 4.98 Å². The second kappa shape index (κ2) is 4.18. The number of nitrogens with two attached hydrogens (primary N) is 2. The number of hydrogen-bond donors (Lipinski definition) is 2. The van der Waals surface area contributed by atoms with Crippen molar-refractivity contribution in [2.75, 3.05) is 12.8 Å². The van der Waals surface area contributed by atoms with Crippen LogP contribution in [-0.2, 0) is 10.0 Å². The van der Waals surface area contributed by atoms with Crippen molar-refractivity contribution in [1.29, 1.82) is 0 Å². The minimum Gasteiger partial charge on any atom is -0.495 e. The van der Waals surface area contributed by atoms with E-state index < -0.39 is 38.5 Å². The molecule has 0 aromatic carbocycles. The smallest absolute Gasteiger partial charge is 0.268 e. The fourth-order valence-electron chi connectivity index (χ4n) is 1.14. The zero-order valence-corrected chi connectivity index (χ0v) is 8.96. The first-order valence-corrected chi connectivity index (χ1v) is 5.47. The number of nitrogen functional groups attached to an aromatic ring is 1. The third-order valence-electron chi connectivity index (χ3n) is 1.77. The number of alkyl halides is 2. The van der Waals surface area contributed by atoms with Crippen LogP contribution in [0.5, 0.6) is 5.75 Å². The molecule has 0 saturated heterocycles. The topological polar surface area (TPSA) is 108 Å². The first kappa shape index (κ1) is 12.6. The Morgan fingerprint density at radius 2 is 2.06 bits per heavy atom. The van der Waals surface area contributed by atoms with Crippen molar-refractivity contribution in [3.05, 3.63) is 11.8 Å². The average molecular weight is 253 g/mol. The van der Waals surface area contributed by atoms with Gasteiger partial charge in [0.05, 0.1) is 12.7 Å². The maximum atomic E-state index is 12.5. The van der Waals surface area contributed by atoms with Crippen LogP contribution in [-0.4, -0.2) is 20.5 Å². The molecule has 4 N–H and O–H groups in total. The summed E-state index contributed by atoms with van der Waals surface area (Å²) in [5.41, 5.74) is 4.58. The predicted octanol–water partition coefficient (Wildman–Crippen LogP) is 0.257. The van der Waals surface area contributed by atoms with Gasteiger partial charge in [-0.3, -0.25) is 0 Å². The minimum absolute atomic E-state index is 0.483. The van der Waals surface area contributed by atoms with Gasteiger partial charge in [-0.2, -0.15) is 0 Å². The predicted molar refractivity (Wildman–Crippen MR) is 51.5 cm³/mol. The molecule has 0 fully saturated rings. The Morgan fingerprint density at radius 1 is 1.50 bits per heavy atom. The van der Waals surface area contributed by atoms with Crippen molar-refractivity contribution >= 4 is 15.8 Å². The first-order valence-electron chi connectivity index (χ1n) is 3.92. The summed E-state index contributed by atoms with van der Waals surface area (Å²) in [5.74, 6) is -1.06. The van der Waals surface area contributed by atoms with Crippen LogP contribution in [0.4, 0.5) is 14.6 Å². The Morgan fingerprint density at radius 3 is 2.44 bits per heavy atom. The van der Waals surface area contributed by atoms with Gasteiger partial charge in [0, 0.05) is 6.20 Å². The van der Waals surface area contributed by atoms with Gasteiger partial charge in [-0.25, -0.2) is 27.3 Å². The Hall–Kier alpha value is -1.48. The molecule has 9 heteroatoms. The molecule has 1 aromatic heterocycles. The van der Waals surface area contributed by atoms with Gasteiger partial charge >= 0.3 is 0 Å². The number of rotatable bonds is 3. The van der Waals surface area contributed by atoms with Gasteiger partial charge in [-0.15, -0.1) is 0 Å². The molecule has 0 aliphatic rings. The molecule has 90 valence electrons. The lowest BCUT2D eigenvalue weighted by Gasteiger charge is -2.12. The van der Waals surface area contributed by atoms with Crippen molar-refractivity contribution < 1.29 is 21.9 Å². The highest BCUT2D eigenvalue weighted by Crippen LogP contribution is 2.35. The van der Waals surface area contributed by atoms with Crippen LogP contribution >= 0.6 is 0 Å². The van der Waals surface area contributed by atoms with Crippen LogP contribution in [0.15, 0.2) is 11.1 Å². The van der Waals surface area contributed by atoms with E-state index in [0.717, 1.165) is 13.3 Å². The van der Waals surface area contributed by atoms with E-state index in [4.69, 9.17) is 10.9 Å². The maximum Gasteiger partial charge on any atom is 0.268 e. The number of halogens is 2. The van der Waals surface area contributed by atoms with Gasteiger partial charge in [-0.05, 0) is 0 Å². The maximum absolute atomic E-state index is 12.5. The van der Waals surface area contributed by atoms with Crippen LogP contribution in [0.2, 0.25) is 0 Å². The Kier molecular flexibility index (Phi) is 3.29. The molecule has 0 aliphatic carbocycles. The van der Waals surface area contributed by atoms with Crippen molar-refractivity contribution in [2.24, 2.45) is 5.14 Å². The zero-order valence-electron chi connectivity index (χ0n) is 8.15. The molecule has 0 spiro atoms. The molecular formula is C7H9F2N3O3S. The quantitative estimate of drug-likeness (QED) is 0.803. The van der Waals surface area contributed by atoms with Crippen LogP contribution in [0.1, 0.15) is 12.0 Å². The highest BCUT2D eigenvalue weighted by Gasteiger charge is 2.26. The lowest BCUT2D eigenvalue weighted by atomic mass is 10.2. The van der Waals surface area contributed by atoms with Crippen LogP contribution in [0.25, 0.3) is 0 Å². The third-order valence-corrected chi connectivity index (χ3v) is 2.73. The van der Waals surface area contributed by atoms with Gasteiger partial charge in [0.15, 0.2) is 10.6 Å². The van der Waals surface area contributed by atoms with Gasteiger partial charge in [0.2, 0.25) is 10.0 Å². The number of anilines is 1. The Labute approximate surface area is 90.3 Å². The molecule has 1 aromatic rings. The van der Waals surface area contributed by atoms with Crippen molar-refractivity contribution in [2.45, 2.75) is 11.3 Å². The van der Waals surface area contributed by atoms with Crippen molar-refractivity contribution in [3.63, 3.8) is 0 Å². The molecule has 1 heterocycles. The molecule has 0 amide bonds. The summed E-state index contributed by atoms with van der Waals surface area (Å²) in [6.45, 7) is 0. The normalized spacial score (nSPS) is 11.8. The number of ether oxygens (including phenoxy) is 1. The summed E-state index contributed by atoms with van der Waals surface area (Å²) in [7, 11) is -3.24. The number of methoxy groups -OCH3 is 1. The summed E-state index contributed by atoms with van der Waals surface area (Å²) in [4.78, 5) is 2.61. The number of aromatic nitrogens is 1. The monoisotopic (exact) mass is 253 g/mol. The molecule has 0 saturated carbocycles. The highest BCUT2D eigenvalue weighted by molar-refractivity contribution is 7.89. The van der Waals surface area contributed by atoms with E-state index in [1.54, 1.807) is 0 Å². The molecule has 0 aliphatic heterocycles. The van der Waals surface area contributed by atoms with Gasteiger partial charge in [-0.1, -0.05) is 0 Å². The summed E-state index contributed by atoms with van der Waals surface area (Å²) in [6.07, 6.45) is -2.20. The summed E-state index contributed by atoms with van der Waals surface area (Å²) < 4.78 is 51.9. The molecule has 6 nitrogen and oxygen atoms in total. The Bertz CT molecular complexity index is 504. The zero-order chi connectivity index (χ0) is 12.5. The average Bonchev–Trinajstić information content (AvgIpc) is 2.14. The van der Waals surface area contributed by atoms with E-state index >= 15 is 0 Å². The second-order valence-electron chi connectivity index (χ2n) is 2.81. The molecule has 0 unspecified atom stereocenters. The molecular weight excluding hydrogens is 244 g/mol. The fourth-order valence-corrected chi connectivity index (χ4v) is 1.95. The van der Waals surface area contributed by atoms with Gasteiger partial charge in [0.1, 0.15) is 5.82 Å². The minimum atomic E-state index is -4.28. The van der Waals surface area contributed by atoms with E-state index in [-0.39, 0.29) is 0 Å². The third kappa shape index (κ3) is 2.19. The van der Waals surface area contributed by atoms with Crippen molar-refractivity contribution in [3.8, 4) is 5.75 Å².